The number of amides is 1. The maximum absolute atomic E-state index is 12.5. The summed E-state index contributed by atoms with van der Waals surface area (Å²) in [7, 11) is 0. The molecule has 0 unspecified atom stereocenters. The highest BCUT2D eigenvalue weighted by Gasteiger charge is 2.13. The standard InChI is InChI=1S/C24H22ClN3OS2/c1-4-16-11-18-10-14(2)9-15(3)22(18)28-23(16)30-13-21(29)27-24-26-20(12-31-24)17-5-7-19(25)8-6-17/h5-12H,4,13H2,1-3H3,(H,26,27,29). The van der Waals surface area contributed by atoms with Gasteiger partial charge in [0.05, 0.1) is 17.0 Å². The Morgan fingerprint density at radius 2 is 1.90 bits per heavy atom. The first-order valence-electron chi connectivity index (χ1n) is 9.98. The van der Waals surface area contributed by atoms with Crippen LogP contribution in [0.1, 0.15) is 23.6 Å². The van der Waals surface area contributed by atoms with Crippen LogP contribution < -0.4 is 5.32 Å². The molecule has 2 aromatic carbocycles. The van der Waals surface area contributed by atoms with Crippen LogP contribution in [0.15, 0.2) is 52.9 Å². The van der Waals surface area contributed by atoms with E-state index in [1.54, 1.807) is 0 Å². The fourth-order valence-electron chi connectivity index (χ4n) is 3.43. The molecule has 2 heterocycles. The molecule has 0 aliphatic carbocycles. The zero-order chi connectivity index (χ0) is 22.0. The van der Waals surface area contributed by atoms with Gasteiger partial charge in [-0.05, 0) is 55.7 Å². The van der Waals surface area contributed by atoms with Crippen LogP contribution in [0.2, 0.25) is 5.02 Å². The molecule has 0 aliphatic rings. The summed E-state index contributed by atoms with van der Waals surface area (Å²) in [5, 5.41) is 8.17. The van der Waals surface area contributed by atoms with Crippen LogP contribution >= 0.6 is 34.7 Å². The number of fused-ring (bicyclic) bond motifs is 1. The molecule has 0 fully saturated rings. The van der Waals surface area contributed by atoms with Crippen molar-refractivity contribution in [2.45, 2.75) is 32.2 Å². The lowest BCUT2D eigenvalue weighted by Gasteiger charge is -2.11. The number of thiazole rings is 1. The smallest absolute Gasteiger partial charge is 0.236 e. The number of pyridine rings is 1. The maximum atomic E-state index is 12.5. The van der Waals surface area contributed by atoms with Crippen LogP contribution in [0, 0.1) is 13.8 Å². The van der Waals surface area contributed by atoms with Crippen molar-refractivity contribution in [1.82, 2.24) is 9.97 Å². The number of carbonyl (C=O) groups excluding carboxylic acids is 1. The number of benzene rings is 2. The first kappa shape index (κ1) is 21.8. The highest BCUT2D eigenvalue weighted by atomic mass is 35.5. The largest absolute Gasteiger partial charge is 0.301 e. The fourth-order valence-corrected chi connectivity index (χ4v) is 5.18. The van der Waals surface area contributed by atoms with E-state index in [2.05, 4.69) is 49.3 Å². The Balaban J connectivity index is 1.45. The first-order valence-corrected chi connectivity index (χ1v) is 12.2. The van der Waals surface area contributed by atoms with Crippen LogP contribution in [-0.2, 0) is 11.2 Å². The van der Waals surface area contributed by atoms with Crippen LogP contribution in [0.3, 0.4) is 0 Å². The molecule has 1 N–H and O–H groups in total. The van der Waals surface area contributed by atoms with Crippen LogP contribution in [0.5, 0.6) is 0 Å². The molecule has 1 amide bonds. The van der Waals surface area contributed by atoms with Crippen LogP contribution in [0.25, 0.3) is 22.2 Å². The van der Waals surface area contributed by atoms with E-state index in [1.807, 2.05) is 29.6 Å². The van der Waals surface area contributed by atoms with Gasteiger partial charge >= 0.3 is 0 Å². The van der Waals surface area contributed by atoms with Crippen molar-refractivity contribution < 1.29 is 4.79 Å². The highest BCUT2D eigenvalue weighted by Crippen LogP contribution is 2.29. The second-order valence-electron chi connectivity index (χ2n) is 7.34. The Morgan fingerprint density at radius 1 is 1.13 bits per heavy atom. The zero-order valence-corrected chi connectivity index (χ0v) is 19.9. The summed E-state index contributed by atoms with van der Waals surface area (Å²) in [4.78, 5) is 21.9. The summed E-state index contributed by atoms with van der Waals surface area (Å²) in [6, 6.07) is 14.0. The lowest BCUT2D eigenvalue weighted by Crippen LogP contribution is -2.14. The van der Waals surface area contributed by atoms with Gasteiger partial charge in [0.15, 0.2) is 5.13 Å². The normalized spacial score (nSPS) is 11.1. The predicted octanol–water partition coefficient (Wildman–Crippen LogP) is 6.92. The minimum atomic E-state index is -0.0911. The SMILES string of the molecule is CCc1cc2cc(C)cc(C)c2nc1SCC(=O)Nc1nc(-c2ccc(Cl)cc2)cs1. The number of rotatable bonds is 6. The van der Waals surface area contributed by atoms with Crippen LogP contribution in [-0.4, -0.2) is 21.6 Å². The predicted molar refractivity (Wildman–Crippen MR) is 133 cm³/mol. The zero-order valence-electron chi connectivity index (χ0n) is 17.5. The number of aromatic nitrogens is 2. The molecule has 0 bridgehead atoms. The molecule has 4 rings (SSSR count). The van der Waals surface area contributed by atoms with Crippen molar-refractivity contribution in [2.75, 3.05) is 11.1 Å². The molecule has 2 aromatic heterocycles. The summed E-state index contributed by atoms with van der Waals surface area (Å²) in [6.45, 7) is 6.29. The minimum absolute atomic E-state index is 0.0911. The second-order valence-corrected chi connectivity index (χ2v) is 9.60. The van der Waals surface area contributed by atoms with Gasteiger partial charge in [0.25, 0.3) is 0 Å². The van der Waals surface area contributed by atoms with Gasteiger partial charge in [-0.25, -0.2) is 9.97 Å². The first-order chi connectivity index (χ1) is 14.9. The number of nitrogens with zero attached hydrogens (tertiary/aromatic N) is 2. The molecule has 158 valence electrons. The molecule has 0 spiro atoms. The van der Waals surface area contributed by atoms with Gasteiger partial charge in [-0.15, -0.1) is 11.3 Å². The summed E-state index contributed by atoms with van der Waals surface area (Å²) in [5.41, 5.74) is 6.33. The summed E-state index contributed by atoms with van der Waals surface area (Å²) in [5.74, 6) is 0.193. The monoisotopic (exact) mass is 467 g/mol. The van der Waals surface area contributed by atoms with Crippen molar-refractivity contribution in [3.63, 3.8) is 0 Å². The lowest BCUT2D eigenvalue weighted by molar-refractivity contribution is -0.113. The Morgan fingerprint density at radius 3 is 2.65 bits per heavy atom. The number of aryl methyl sites for hydroxylation is 3. The summed E-state index contributed by atoms with van der Waals surface area (Å²) >= 11 is 8.83. The van der Waals surface area contributed by atoms with Crippen molar-refractivity contribution in [3.8, 4) is 11.3 Å². The Labute approximate surface area is 195 Å². The molecule has 0 aliphatic heterocycles. The van der Waals surface area contributed by atoms with Gasteiger partial charge in [0, 0.05) is 21.4 Å². The summed E-state index contributed by atoms with van der Waals surface area (Å²) < 4.78 is 0. The van der Waals surface area contributed by atoms with Crippen molar-refractivity contribution in [3.05, 3.63) is 69.6 Å². The van der Waals surface area contributed by atoms with Gasteiger partial charge in [0.2, 0.25) is 5.91 Å². The van der Waals surface area contributed by atoms with Crippen molar-refractivity contribution in [2.24, 2.45) is 0 Å². The summed E-state index contributed by atoms with van der Waals surface area (Å²) in [6.07, 6.45) is 0.872. The number of halogens is 1. The van der Waals surface area contributed by atoms with E-state index in [4.69, 9.17) is 16.6 Å². The fraction of sp³-hybridized carbons (Fsp3) is 0.208. The Bertz CT molecular complexity index is 1250. The highest BCUT2D eigenvalue weighted by molar-refractivity contribution is 8.00. The average molecular weight is 468 g/mol. The quantitative estimate of drug-likeness (QED) is 0.312. The lowest BCUT2D eigenvalue weighted by atomic mass is 10.0. The van der Waals surface area contributed by atoms with E-state index < -0.39 is 0 Å². The van der Waals surface area contributed by atoms with E-state index in [1.165, 1.54) is 28.7 Å². The van der Waals surface area contributed by atoms with Gasteiger partial charge in [-0.3, -0.25) is 4.79 Å². The second kappa shape index (κ2) is 9.39. The molecule has 0 saturated heterocycles. The van der Waals surface area contributed by atoms with E-state index in [0.29, 0.717) is 10.2 Å². The van der Waals surface area contributed by atoms with Crippen LogP contribution in [0.4, 0.5) is 5.13 Å². The Kier molecular flexibility index (Phi) is 6.60. The number of nitrogens with one attached hydrogen (secondary N) is 1. The third-order valence-corrected chi connectivity index (χ3v) is 6.95. The average Bonchev–Trinajstić information content (AvgIpc) is 3.20. The Hall–Kier alpha value is -2.41. The number of hydrogen-bond donors (Lipinski definition) is 1. The van der Waals surface area contributed by atoms with Gasteiger partial charge in [-0.2, -0.15) is 0 Å². The minimum Gasteiger partial charge on any atom is -0.301 e. The third-order valence-electron chi connectivity index (χ3n) is 4.90. The number of thioether (sulfide) groups is 1. The van der Waals surface area contributed by atoms with Gasteiger partial charge in [-0.1, -0.05) is 54.0 Å². The molecule has 0 radical (unpaired) electrons. The van der Waals surface area contributed by atoms with E-state index in [9.17, 15) is 4.79 Å². The van der Waals surface area contributed by atoms with E-state index in [-0.39, 0.29) is 11.7 Å². The number of anilines is 1. The molecule has 0 saturated carbocycles. The third kappa shape index (κ3) is 5.09. The molecular weight excluding hydrogens is 446 g/mol. The van der Waals surface area contributed by atoms with Crippen molar-refractivity contribution in [1.29, 1.82) is 0 Å². The number of carbonyl (C=O) groups is 1. The number of hydrogen-bond acceptors (Lipinski definition) is 5. The molecule has 4 aromatic rings. The van der Waals surface area contributed by atoms with Gasteiger partial charge in [0.1, 0.15) is 5.03 Å². The molecule has 7 heteroatoms. The van der Waals surface area contributed by atoms with E-state index >= 15 is 0 Å². The topological polar surface area (TPSA) is 54.9 Å². The van der Waals surface area contributed by atoms with Crippen molar-refractivity contribution >= 4 is 56.6 Å². The molecule has 4 nitrogen and oxygen atoms in total. The molecular formula is C24H22ClN3OS2. The maximum Gasteiger partial charge on any atom is 0.236 e. The van der Waals surface area contributed by atoms with E-state index in [0.717, 1.165) is 44.7 Å². The van der Waals surface area contributed by atoms with Gasteiger partial charge < -0.3 is 5.32 Å². The molecule has 0 atom stereocenters. The molecule has 31 heavy (non-hydrogen) atoms.